The first-order valence-corrected chi connectivity index (χ1v) is 6.06. The van der Waals surface area contributed by atoms with E-state index in [-0.39, 0.29) is 18.6 Å². The van der Waals surface area contributed by atoms with Crippen LogP contribution in [0.5, 0.6) is 0 Å². The van der Waals surface area contributed by atoms with Gasteiger partial charge in [0.2, 0.25) is 0 Å². The number of rotatable bonds is 6. The summed E-state index contributed by atoms with van der Waals surface area (Å²) in [5.41, 5.74) is 0.565. The van der Waals surface area contributed by atoms with Gasteiger partial charge in [-0.05, 0) is 18.4 Å². The van der Waals surface area contributed by atoms with Gasteiger partial charge in [-0.1, -0.05) is 20.8 Å². The lowest BCUT2D eigenvalue weighted by Gasteiger charge is -2.18. The van der Waals surface area contributed by atoms with Crippen LogP contribution in [0, 0.1) is 5.92 Å². The van der Waals surface area contributed by atoms with Crippen LogP contribution in [0.2, 0.25) is 0 Å². The topological polar surface area (TPSA) is 62.5 Å². The molecular weight excluding hydrogens is 218 g/mol. The number of aliphatic hydroxyl groups is 1. The molecule has 1 heterocycles. The Hall–Kier alpha value is -1.29. The largest absolute Gasteiger partial charge is 0.469 e. The van der Waals surface area contributed by atoms with E-state index >= 15 is 0 Å². The molecule has 1 aromatic heterocycles. The van der Waals surface area contributed by atoms with E-state index in [4.69, 9.17) is 4.42 Å². The average molecular weight is 239 g/mol. The first-order valence-electron chi connectivity index (χ1n) is 6.06. The van der Waals surface area contributed by atoms with Crippen molar-refractivity contribution in [2.45, 2.75) is 39.7 Å². The van der Waals surface area contributed by atoms with E-state index in [1.165, 1.54) is 6.26 Å². The maximum Gasteiger partial charge on any atom is 0.255 e. The van der Waals surface area contributed by atoms with Crippen LogP contribution >= 0.6 is 0 Å². The highest BCUT2D eigenvalue weighted by Gasteiger charge is 2.17. The summed E-state index contributed by atoms with van der Waals surface area (Å²) in [5.74, 6) is 0.946. The summed E-state index contributed by atoms with van der Waals surface area (Å²) in [7, 11) is 0. The molecule has 0 fully saturated rings. The van der Waals surface area contributed by atoms with Crippen molar-refractivity contribution in [3.63, 3.8) is 0 Å². The third-order valence-corrected chi connectivity index (χ3v) is 2.62. The SMILES string of the molecule is CCc1occc1C(=O)NC(CO)CC(C)C. The Labute approximate surface area is 102 Å². The molecule has 2 N–H and O–H groups in total. The highest BCUT2D eigenvalue weighted by atomic mass is 16.3. The number of furan rings is 1. The molecule has 0 bridgehead atoms. The first kappa shape index (κ1) is 13.8. The fourth-order valence-electron chi connectivity index (χ4n) is 1.83. The Bertz CT molecular complexity index is 357. The predicted molar refractivity (Wildman–Crippen MR) is 65.9 cm³/mol. The number of amides is 1. The van der Waals surface area contributed by atoms with Gasteiger partial charge in [-0.25, -0.2) is 0 Å². The zero-order valence-electron chi connectivity index (χ0n) is 10.7. The Morgan fingerprint density at radius 3 is 2.76 bits per heavy atom. The normalized spacial score (nSPS) is 12.8. The van der Waals surface area contributed by atoms with Gasteiger partial charge in [-0.2, -0.15) is 0 Å². The Kier molecular flexibility index (Phi) is 5.22. The van der Waals surface area contributed by atoms with Crippen molar-refractivity contribution < 1.29 is 14.3 Å². The third kappa shape index (κ3) is 3.89. The van der Waals surface area contributed by atoms with Crippen LogP contribution in [0.3, 0.4) is 0 Å². The van der Waals surface area contributed by atoms with Crippen LogP contribution in [0.15, 0.2) is 16.7 Å². The molecular formula is C13H21NO3. The number of aliphatic hydroxyl groups excluding tert-OH is 1. The highest BCUT2D eigenvalue weighted by molar-refractivity contribution is 5.95. The molecule has 0 aliphatic carbocycles. The summed E-state index contributed by atoms with van der Waals surface area (Å²) >= 11 is 0. The molecule has 1 aromatic rings. The molecule has 1 amide bonds. The number of hydrogen-bond donors (Lipinski definition) is 2. The van der Waals surface area contributed by atoms with Gasteiger partial charge in [-0.3, -0.25) is 4.79 Å². The maximum absolute atomic E-state index is 12.0. The van der Waals surface area contributed by atoms with Crippen LogP contribution in [-0.2, 0) is 6.42 Å². The molecule has 0 saturated heterocycles. The minimum atomic E-state index is -0.192. The molecule has 17 heavy (non-hydrogen) atoms. The summed E-state index contributed by atoms with van der Waals surface area (Å²) in [4.78, 5) is 12.0. The van der Waals surface area contributed by atoms with Crippen LogP contribution in [-0.4, -0.2) is 23.7 Å². The maximum atomic E-state index is 12.0. The van der Waals surface area contributed by atoms with E-state index in [1.54, 1.807) is 6.07 Å². The lowest BCUT2D eigenvalue weighted by molar-refractivity contribution is 0.0906. The first-order chi connectivity index (χ1) is 8.08. The lowest BCUT2D eigenvalue weighted by atomic mass is 10.0. The third-order valence-electron chi connectivity index (χ3n) is 2.62. The van der Waals surface area contributed by atoms with Crippen molar-refractivity contribution in [1.29, 1.82) is 0 Å². The highest BCUT2D eigenvalue weighted by Crippen LogP contribution is 2.12. The average Bonchev–Trinajstić information content (AvgIpc) is 2.75. The molecule has 4 heteroatoms. The molecule has 0 radical (unpaired) electrons. The molecule has 1 unspecified atom stereocenters. The number of carbonyl (C=O) groups excluding carboxylic acids is 1. The van der Waals surface area contributed by atoms with Gasteiger partial charge in [0.15, 0.2) is 0 Å². The molecule has 0 spiro atoms. The zero-order chi connectivity index (χ0) is 12.8. The summed E-state index contributed by atoms with van der Waals surface area (Å²) < 4.78 is 5.21. The van der Waals surface area contributed by atoms with E-state index in [0.29, 0.717) is 23.7 Å². The smallest absolute Gasteiger partial charge is 0.255 e. The molecule has 0 aliphatic rings. The lowest BCUT2D eigenvalue weighted by Crippen LogP contribution is -2.38. The summed E-state index contributed by atoms with van der Waals surface area (Å²) in [5, 5.41) is 12.0. The Morgan fingerprint density at radius 2 is 2.24 bits per heavy atom. The van der Waals surface area contributed by atoms with E-state index in [0.717, 1.165) is 6.42 Å². The van der Waals surface area contributed by atoms with Crippen molar-refractivity contribution in [3.8, 4) is 0 Å². The van der Waals surface area contributed by atoms with Crippen LogP contribution in [0.1, 0.15) is 43.3 Å². The molecule has 0 saturated carbocycles. The minimum Gasteiger partial charge on any atom is -0.469 e. The van der Waals surface area contributed by atoms with Gasteiger partial charge in [0, 0.05) is 6.42 Å². The van der Waals surface area contributed by atoms with Gasteiger partial charge in [0.05, 0.1) is 24.5 Å². The molecule has 96 valence electrons. The fourth-order valence-corrected chi connectivity index (χ4v) is 1.83. The van der Waals surface area contributed by atoms with E-state index < -0.39 is 0 Å². The van der Waals surface area contributed by atoms with Gasteiger partial charge in [0.1, 0.15) is 5.76 Å². The molecule has 4 nitrogen and oxygen atoms in total. The number of aryl methyl sites for hydroxylation is 1. The van der Waals surface area contributed by atoms with Crippen molar-refractivity contribution in [2.75, 3.05) is 6.61 Å². The summed E-state index contributed by atoms with van der Waals surface area (Å²) in [6, 6.07) is 1.47. The Balaban J connectivity index is 2.64. The summed E-state index contributed by atoms with van der Waals surface area (Å²) in [6.07, 6.45) is 2.97. The van der Waals surface area contributed by atoms with Crippen molar-refractivity contribution in [2.24, 2.45) is 5.92 Å². The second-order valence-electron chi connectivity index (χ2n) is 4.59. The van der Waals surface area contributed by atoms with Gasteiger partial charge in [-0.15, -0.1) is 0 Å². The number of nitrogens with one attached hydrogen (secondary N) is 1. The molecule has 0 aliphatic heterocycles. The van der Waals surface area contributed by atoms with E-state index in [2.05, 4.69) is 19.2 Å². The quantitative estimate of drug-likeness (QED) is 0.798. The Morgan fingerprint density at radius 1 is 1.53 bits per heavy atom. The molecule has 0 aromatic carbocycles. The zero-order valence-corrected chi connectivity index (χ0v) is 10.7. The number of hydrogen-bond acceptors (Lipinski definition) is 3. The van der Waals surface area contributed by atoms with Crippen molar-refractivity contribution in [1.82, 2.24) is 5.32 Å². The van der Waals surface area contributed by atoms with Crippen LogP contribution in [0.4, 0.5) is 0 Å². The van der Waals surface area contributed by atoms with Gasteiger partial charge < -0.3 is 14.8 Å². The summed E-state index contributed by atoms with van der Waals surface area (Å²) in [6.45, 7) is 6.02. The fraction of sp³-hybridized carbons (Fsp3) is 0.615. The van der Waals surface area contributed by atoms with Crippen molar-refractivity contribution in [3.05, 3.63) is 23.7 Å². The van der Waals surface area contributed by atoms with Gasteiger partial charge >= 0.3 is 0 Å². The molecule has 1 rings (SSSR count). The standard InChI is InChI=1S/C13H21NO3/c1-4-12-11(5-6-17-12)13(16)14-10(8-15)7-9(2)3/h5-6,9-10,15H,4,7-8H2,1-3H3,(H,14,16). The van der Waals surface area contributed by atoms with Crippen molar-refractivity contribution >= 4 is 5.91 Å². The van der Waals surface area contributed by atoms with Crippen LogP contribution < -0.4 is 5.32 Å². The van der Waals surface area contributed by atoms with E-state index in [1.807, 2.05) is 6.92 Å². The number of carbonyl (C=O) groups is 1. The van der Waals surface area contributed by atoms with Gasteiger partial charge in [0.25, 0.3) is 5.91 Å². The van der Waals surface area contributed by atoms with E-state index in [9.17, 15) is 9.90 Å². The second-order valence-corrected chi connectivity index (χ2v) is 4.59. The second kappa shape index (κ2) is 6.45. The monoisotopic (exact) mass is 239 g/mol. The minimum absolute atomic E-state index is 0.0385. The molecule has 1 atom stereocenters. The van der Waals surface area contributed by atoms with Crippen LogP contribution in [0.25, 0.3) is 0 Å². The predicted octanol–water partition coefficient (Wildman–Crippen LogP) is 1.98.